The summed E-state index contributed by atoms with van der Waals surface area (Å²) in [6.07, 6.45) is 0.283. The molecule has 28 heavy (non-hydrogen) atoms. The fourth-order valence-corrected chi connectivity index (χ4v) is 3.71. The van der Waals surface area contributed by atoms with Crippen LogP contribution in [0.3, 0.4) is 0 Å². The Balaban J connectivity index is 1.42. The summed E-state index contributed by atoms with van der Waals surface area (Å²) in [5.41, 5.74) is 0.195. The Bertz CT molecular complexity index is 781. The number of nitrogens with one attached hydrogen (secondary N) is 2. The summed E-state index contributed by atoms with van der Waals surface area (Å²) in [5, 5.41) is 7.75. The van der Waals surface area contributed by atoms with Crippen LogP contribution in [0.1, 0.15) is 29.1 Å². The van der Waals surface area contributed by atoms with Crippen LogP contribution < -0.4 is 15.5 Å². The van der Waals surface area contributed by atoms with Crippen molar-refractivity contribution in [3.05, 3.63) is 40.0 Å². The molecule has 10 heteroatoms. The van der Waals surface area contributed by atoms with E-state index in [1.165, 1.54) is 12.8 Å². The molecule has 6 nitrogen and oxygen atoms in total. The molecule has 0 aromatic carbocycles. The molecule has 0 bridgehead atoms. The van der Waals surface area contributed by atoms with Crippen LogP contribution in [0, 0.1) is 0 Å². The van der Waals surface area contributed by atoms with E-state index in [-0.39, 0.29) is 0 Å². The number of nitrogens with zero attached hydrogens (tertiary/aromatic N) is 4. The molecule has 152 valence electrons. The summed E-state index contributed by atoms with van der Waals surface area (Å²) < 4.78 is 37.7. The van der Waals surface area contributed by atoms with Crippen LogP contribution in [-0.2, 0) is 19.1 Å². The van der Waals surface area contributed by atoms with Crippen molar-refractivity contribution in [2.75, 3.05) is 31.6 Å². The zero-order valence-electron chi connectivity index (χ0n) is 15.6. The average Bonchev–Trinajstić information content (AvgIpc) is 3.36. The van der Waals surface area contributed by atoms with Gasteiger partial charge in [-0.05, 0) is 24.5 Å². The zero-order chi connectivity index (χ0) is 20.0. The van der Waals surface area contributed by atoms with Gasteiger partial charge < -0.3 is 15.5 Å². The molecule has 0 amide bonds. The molecule has 1 aliphatic rings. The first-order valence-electron chi connectivity index (χ1n) is 9.11. The number of pyridine rings is 1. The molecule has 1 fully saturated rings. The lowest BCUT2D eigenvalue weighted by atomic mass is 10.3. The smallest absolute Gasteiger partial charge is 0.357 e. The van der Waals surface area contributed by atoms with Crippen LogP contribution >= 0.6 is 11.3 Å². The standard InChI is InChI=1S/C18H23F3N6S/c1-22-17(23-7-6-16-26-14(12-28-16)18(19,20)21)25-11-13-4-5-15(24-10-13)27-8-2-3-9-27/h4-5,10,12H,2-3,6-9,11H2,1H3,(H2,22,23,25). The molecule has 0 saturated carbocycles. The topological polar surface area (TPSA) is 65.4 Å². The highest BCUT2D eigenvalue weighted by Crippen LogP contribution is 2.30. The summed E-state index contributed by atoms with van der Waals surface area (Å²) in [4.78, 5) is 14.5. The van der Waals surface area contributed by atoms with E-state index >= 15 is 0 Å². The van der Waals surface area contributed by atoms with Crippen molar-refractivity contribution in [2.24, 2.45) is 4.99 Å². The van der Waals surface area contributed by atoms with Crippen LogP contribution in [0.25, 0.3) is 0 Å². The van der Waals surface area contributed by atoms with E-state index in [2.05, 4.69) is 30.5 Å². The van der Waals surface area contributed by atoms with Gasteiger partial charge in [0.25, 0.3) is 0 Å². The van der Waals surface area contributed by atoms with Crippen molar-refractivity contribution >= 4 is 23.1 Å². The largest absolute Gasteiger partial charge is 0.434 e. The molecular weight excluding hydrogens is 389 g/mol. The molecule has 0 unspecified atom stereocenters. The van der Waals surface area contributed by atoms with Crippen LogP contribution in [0.15, 0.2) is 28.7 Å². The third-order valence-electron chi connectivity index (χ3n) is 4.40. The Labute approximate surface area is 165 Å². The number of guanidine groups is 1. The number of anilines is 1. The second-order valence-electron chi connectivity index (χ2n) is 6.45. The fourth-order valence-electron chi connectivity index (χ4n) is 2.90. The first-order chi connectivity index (χ1) is 13.5. The van der Waals surface area contributed by atoms with E-state index in [1.807, 2.05) is 18.3 Å². The summed E-state index contributed by atoms with van der Waals surface area (Å²) in [5.74, 6) is 1.58. The number of aliphatic imine (C=N–C) groups is 1. The summed E-state index contributed by atoms with van der Waals surface area (Å²) in [7, 11) is 1.65. The molecule has 1 saturated heterocycles. The Morgan fingerprint density at radius 2 is 2.04 bits per heavy atom. The van der Waals surface area contributed by atoms with Gasteiger partial charge in [-0.1, -0.05) is 6.07 Å². The maximum atomic E-state index is 12.6. The monoisotopic (exact) mass is 412 g/mol. The van der Waals surface area contributed by atoms with Gasteiger partial charge in [0.05, 0.1) is 5.01 Å². The number of aromatic nitrogens is 2. The molecule has 0 radical (unpaired) electrons. The van der Waals surface area contributed by atoms with Crippen LogP contribution in [0.5, 0.6) is 0 Å². The summed E-state index contributed by atoms with van der Waals surface area (Å²) in [6.45, 7) is 3.12. The molecule has 2 aromatic rings. The number of thiazole rings is 1. The van der Waals surface area contributed by atoms with Gasteiger partial charge in [0, 0.05) is 51.2 Å². The van der Waals surface area contributed by atoms with Gasteiger partial charge in [-0.3, -0.25) is 4.99 Å². The van der Waals surface area contributed by atoms with E-state index in [0.29, 0.717) is 30.5 Å². The van der Waals surface area contributed by atoms with E-state index in [0.717, 1.165) is 41.2 Å². The summed E-state index contributed by atoms with van der Waals surface area (Å²) >= 11 is 1.01. The van der Waals surface area contributed by atoms with Gasteiger partial charge in [0.1, 0.15) is 5.82 Å². The van der Waals surface area contributed by atoms with E-state index in [9.17, 15) is 13.2 Å². The van der Waals surface area contributed by atoms with Crippen molar-refractivity contribution in [1.82, 2.24) is 20.6 Å². The lowest BCUT2D eigenvalue weighted by molar-refractivity contribution is -0.140. The number of halogens is 3. The molecular formula is C18H23F3N6S. The van der Waals surface area contributed by atoms with Crippen molar-refractivity contribution in [2.45, 2.75) is 32.0 Å². The van der Waals surface area contributed by atoms with Crippen LogP contribution in [0.4, 0.5) is 19.0 Å². The van der Waals surface area contributed by atoms with E-state index < -0.39 is 11.9 Å². The molecule has 2 aromatic heterocycles. The highest BCUT2D eigenvalue weighted by atomic mass is 32.1. The Kier molecular flexibility index (Phi) is 6.71. The Hall–Kier alpha value is -2.36. The van der Waals surface area contributed by atoms with Crippen molar-refractivity contribution in [3.63, 3.8) is 0 Å². The third-order valence-corrected chi connectivity index (χ3v) is 5.30. The van der Waals surface area contributed by atoms with Gasteiger partial charge in [-0.2, -0.15) is 13.2 Å². The van der Waals surface area contributed by atoms with Crippen LogP contribution in [0.2, 0.25) is 0 Å². The van der Waals surface area contributed by atoms with Gasteiger partial charge >= 0.3 is 6.18 Å². The van der Waals surface area contributed by atoms with E-state index in [1.54, 1.807) is 7.05 Å². The molecule has 0 aliphatic carbocycles. The molecule has 1 aliphatic heterocycles. The van der Waals surface area contributed by atoms with Gasteiger partial charge in [-0.25, -0.2) is 9.97 Å². The van der Waals surface area contributed by atoms with Gasteiger partial charge in [0.2, 0.25) is 0 Å². The average molecular weight is 412 g/mol. The lowest BCUT2D eigenvalue weighted by Crippen LogP contribution is -2.37. The maximum Gasteiger partial charge on any atom is 0.434 e. The van der Waals surface area contributed by atoms with Crippen molar-refractivity contribution in [3.8, 4) is 0 Å². The number of alkyl halides is 3. The molecule has 0 atom stereocenters. The highest BCUT2D eigenvalue weighted by molar-refractivity contribution is 7.09. The predicted molar refractivity (Wildman–Crippen MR) is 105 cm³/mol. The summed E-state index contributed by atoms with van der Waals surface area (Å²) in [6, 6.07) is 4.06. The third kappa shape index (κ3) is 5.57. The fraction of sp³-hybridized carbons (Fsp3) is 0.500. The molecule has 3 rings (SSSR count). The Morgan fingerprint density at radius 3 is 2.64 bits per heavy atom. The first-order valence-corrected chi connectivity index (χ1v) is 9.99. The minimum Gasteiger partial charge on any atom is -0.357 e. The normalized spacial score (nSPS) is 15.1. The number of hydrogen-bond acceptors (Lipinski definition) is 5. The van der Waals surface area contributed by atoms with Crippen molar-refractivity contribution < 1.29 is 13.2 Å². The predicted octanol–water partition coefficient (Wildman–Crippen LogP) is 3.06. The Morgan fingerprint density at radius 1 is 1.25 bits per heavy atom. The number of rotatable bonds is 6. The maximum absolute atomic E-state index is 12.6. The van der Waals surface area contributed by atoms with Crippen molar-refractivity contribution in [1.29, 1.82) is 0 Å². The molecule has 3 heterocycles. The molecule has 0 spiro atoms. The van der Waals surface area contributed by atoms with Gasteiger partial charge in [0.15, 0.2) is 11.7 Å². The quantitative estimate of drug-likeness (QED) is 0.564. The first kappa shape index (κ1) is 20.4. The van der Waals surface area contributed by atoms with Crippen LogP contribution in [-0.4, -0.2) is 42.6 Å². The minimum atomic E-state index is -4.39. The zero-order valence-corrected chi connectivity index (χ0v) is 16.4. The second kappa shape index (κ2) is 9.22. The number of hydrogen-bond donors (Lipinski definition) is 2. The molecule has 2 N–H and O–H groups in total. The minimum absolute atomic E-state index is 0.396. The second-order valence-corrected chi connectivity index (χ2v) is 7.39. The lowest BCUT2D eigenvalue weighted by Gasteiger charge is -2.16. The van der Waals surface area contributed by atoms with E-state index in [4.69, 9.17) is 0 Å². The SMILES string of the molecule is CN=C(NCCc1nc(C(F)(F)F)cs1)NCc1ccc(N2CCCC2)nc1. The van der Waals surface area contributed by atoms with Gasteiger partial charge in [-0.15, -0.1) is 11.3 Å². The highest BCUT2D eigenvalue weighted by Gasteiger charge is 2.33.